The van der Waals surface area contributed by atoms with Gasteiger partial charge >= 0.3 is 5.97 Å². The van der Waals surface area contributed by atoms with Gasteiger partial charge in [-0.15, -0.1) is 0 Å². The molecule has 1 N–H and O–H groups in total. The molecule has 5 nitrogen and oxygen atoms in total. The van der Waals surface area contributed by atoms with Crippen LogP contribution in [-0.2, 0) is 4.74 Å². The van der Waals surface area contributed by atoms with E-state index in [4.69, 9.17) is 21.1 Å². The summed E-state index contributed by atoms with van der Waals surface area (Å²) in [5.74, 6) is -1.67. The molecule has 0 bridgehead atoms. The van der Waals surface area contributed by atoms with Gasteiger partial charge in [0.2, 0.25) is 0 Å². The molecular weight excluding hydrogens is 349 g/mol. The molecule has 1 amide bonds. The minimum atomic E-state index is -0.730. The Labute approximate surface area is 149 Å². The SMILES string of the molecule is CCOC(=O)c1ccc(NC(=O)c2c(F)cccc2Cl)c(OCC)c1. The highest BCUT2D eigenvalue weighted by Crippen LogP contribution is 2.28. The van der Waals surface area contributed by atoms with Crippen molar-refractivity contribution in [2.75, 3.05) is 18.5 Å². The summed E-state index contributed by atoms with van der Waals surface area (Å²) in [6, 6.07) is 8.41. The van der Waals surface area contributed by atoms with Crippen molar-refractivity contribution in [3.05, 3.63) is 58.4 Å². The second-order valence-electron chi connectivity index (χ2n) is 4.92. The van der Waals surface area contributed by atoms with Crippen LogP contribution in [0.15, 0.2) is 36.4 Å². The van der Waals surface area contributed by atoms with Crippen LogP contribution in [-0.4, -0.2) is 25.1 Å². The maximum absolute atomic E-state index is 13.9. The van der Waals surface area contributed by atoms with Crippen molar-refractivity contribution < 1.29 is 23.5 Å². The molecule has 0 aliphatic rings. The van der Waals surface area contributed by atoms with E-state index >= 15 is 0 Å². The lowest BCUT2D eigenvalue weighted by atomic mass is 10.1. The van der Waals surface area contributed by atoms with Crippen molar-refractivity contribution >= 4 is 29.2 Å². The first-order valence-electron chi connectivity index (χ1n) is 7.67. The molecule has 0 radical (unpaired) electrons. The largest absolute Gasteiger partial charge is 0.492 e. The molecule has 0 heterocycles. The minimum Gasteiger partial charge on any atom is -0.492 e. The normalized spacial score (nSPS) is 10.2. The van der Waals surface area contributed by atoms with E-state index in [9.17, 15) is 14.0 Å². The molecule has 25 heavy (non-hydrogen) atoms. The van der Waals surface area contributed by atoms with Crippen LogP contribution in [0, 0.1) is 5.82 Å². The first-order valence-corrected chi connectivity index (χ1v) is 8.05. The van der Waals surface area contributed by atoms with Gasteiger partial charge in [-0.05, 0) is 44.2 Å². The quantitative estimate of drug-likeness (QED) is 0.775. The number of rotatable bonds is 6. The van der Waals surface area contributed by atoms with Crippen LogP contribution >= 0.6 is 11.6 Å². The average Bonchev–Trinajstić information content (AvgIpc) is 2.56. The first kappa shape index (κ1) is 18.7. The number of carbonyl (C=O) groups is 2. The van der Waals surface area contributed by atoms with E-state index in [0.717, 1.165) is 6.07 Å². The molecule has 132 valence electrons. The molecule has 0 unspecified atom stereocenters. The zero-order valence-corrected chi connectivity index (χ0v) is 14.5. The number of amides is 1. The van der Waals surface area contributed by atoms with E-state index in [1.807, 2.05) is 0 Å². The lowest BCUT2D eigenvalue weighted by Crippen LogP contribution is -2.16. The number of benzene rings is 2. The van der Waals surface area contributed by atoms with Crippen molar-refractivity contribution in [2.24, 2.45) is 0 Å². The van der Waals surface area contributed by atoms with Gasteiger partial charge in [0.15, 0.2) is 0 Å². The smallest absolute Gasteiger partial charge is 0.338 e. The Morgan fingerprint density at radius 1 is 1.16 bits per heavy atom. The van der Waals surface area contributed by atoms with Crippen molar-refractivity contribution in [3.63, 3.8) is 0 Å². The van der Waals surface area contributed by atoms with Crippen molar-refractivity contribution in [1.29, 1.82) is 0 Å². The molecule has 0 fully saturated rings. The predicted octanol–water partition coefficient (Wildman–Crippen LogP) is 4.31. The van der Waals surface area contributed by atoms with Crippen molar-refractivity contribution in [3.8, 4) is 5.75 Å². The first-order chi connectivity index (χ1) is 12.0. The van der Waals surface area contributed by atoms with Crippen molar-refractivity contribution in [1.82, 2.24) is 0 Å². The summed E-state index contributed by atoms with van der Waals surface area (Å²) in [5.41, 5.74) is 0.313. The van der Waals surface area contributed by atoms with Crippen LogP contribution in [0.3, 0.4) is 0 Å². The third-order valence-corrected chi connectivity index (χ3v) is 3.55. The molecule has 2 rings (SSSR count). The van der Waals surface area contributed by atoms with Crippen LogP contribution in [0.4, 0.5) is 10.1 Å². The van der Waals surface area contributed by atoms with E-state index in [-0.39, 0.29) is 28.5 Å². The van der Waals surface area contributed by atoms with Crippen LogP contribution < -0.4 is 10.1 Å². The number of esters is 1. The molecule has 0 aliphatic carbocycles. The Morgan fingerprint density at radius 3 is 2.56 bits per heavy atom. The summed E-state index contributed by atoms with van der Waals surface area (Å²) >= 11 is 5.90. The second-order valence-corrected chi connectivity index (χ2v) is 5.32. The Bertz CT molecular complexity index is 774. The molecule has 2 aromatic carbocycles. The highest BCUT2D eigenvalue weighted by atomic mass is 35.5. The van der Waals surface area contributed by atoms with Gasteiger partial charge in [-0.3, -0.25) is 4.79 Å². The van der Waals surface area contributed by atoms with Crippen molar-refractivity contribution in [2.45, 2.75) is 13.8 Å². The van der Waals surface area contributed by atoms with Crippen LogP contribution in [0.25, 0.3) is 0 Å². The molecule has 2 aromatic rings. The molecule has 7 heteroatoms. The molecular formula is C18H17ClFNO4. The standard InChI is InChI=1S/C18H17ClFNO4/c1-3-24-15-10-11(18(23)25-4-2)8-9-14(15)21-17(22)16-12(19)6-5-7-13(16)20/h5-10H,3-4H2,1-2H3,(H,21,22). The molecule has 0 atom stereocenters. The van der Waals surface area contributed by atoms with E-state index in [0.29, 0.717) is 12.3 Å². The van der Waals surface area contributed by atoms with Gasteiger partial charge in [-0.1, -0.05) is 17.7 Å². The maximum Gasteiger partial charge on any atom is 0.338 e. The summed E-state index contributed by atoms with van der Waals surface area (Å²) in [6.45, 7) is 4.02. The third-order valence-electron chi connectivity index (χ3n) is 3.23. The van der Waals surface area contributed by atoms with Gasteiger partial charge in [0.1, 0.15) is 11.6 Å². The summed E-state index contributed by atoms with van der Waals surface area (Å²) in [5, 5.41) is 2.55. The number of ether oxygens (including phenoxy) is 2. The van der Waals surface area contributed by atoms with E-state index in [2.05, 4.69) is 5.32 Å². The molecule has 0 aromatic heterocycles. The monoisotopic (exact) mass is 365 g/mol. The van der Waals surface area contributed by atoms with Crippen LogP contribution in [0.5, 0.6) is 5.75 Å². The summed E-state index contributed by atoms with van der Waals surface area (Å²) in [6.07, 6.45) is 0. The Morgan fingerprint density at radius 2 is 1.92 bits per heavy atom. The summed E-state index contributed by atoms with van der Waals surface area (Å²) in [4.78, 5) is 24.2. The number of hydrogen-bond acceptors (Lipinski definition) is 4. The number of hydrogen-bond donors (Lipinski definition) is 1. The zero-order valence-electron chi connectivity index (χ0n) is 13.8. The van der Waals surface area contributed by atoms with Gasteiger partial charge < -0.3 is 14.8 Å². The average molecular weight is 366 g/mol. The highest BCUT2D eigenvalue weighted by molar-refractivity contribution is 6.34. The predicted molar refractivity (Wildman–Crippen MR) is 92.9 cm³/mol. The second kappa shape index (κ2) is 8.48. The maximum atomic E-state index is 13.9. The third kappa shape index (κ3) is 4.48. The Hall–Kier alpha value is -2.60. The zero-order chi connectivity index (χ0) is 18.4. The van der Waals surface area contributed by atoms with Gasteiger partial charge in [-0.2, -0.15) is 0 Å². The van der Waals surface area contributed by atoms with Gasteiger partial charge in [0, 0.05) is 0 Å². The fourth-order valence-electron chi connectivity index (χ4n) is 2.14. The minimum absolute atomic E-state index is 0.00129. The van der Waals surface area contributed by atoms with Gasteiger partial charge in [0.25, 0.3) is 5.91 Å². The molecule has 0 saturated heterocycles. The summed E-state index contributed by atoms with van der Waals surface area (Å²) in [7, 11) is 0. The van der Waals surface area contributed by atoms with E-state index in [1.54, 1.807) is 13.8 Å². The summed E-state index contributed by atoms with van der Waals surface area (Å²) < 4.78 is 24.3. The fourth-order valence-corrected chi connectivity index (χ4v) is 2.39. The number of carbonyl (C=O) groups excluding carboxylic acids is 2. The number of nitrogens with one attached hydrogen (secondary N) is 1. The lowest BCUT2D eigenvalue weighted by Gasteiger charge is -2.13. The van der Waals surface area contributed by atoms with E-state index in [1.165, 1.54) is 30.3 Å². The Balaban J connectivity index is 2.32. The van der Waals surface area contributed by atoms with Crippen LogP contribution in [0.1, 0.15) is 34.6 Å². The Kier molecular flexibility index (Phi) is 6.36. The molecule has 0 saturated carbocycles. The fraction of sp³-hybridized carbons (Fsp3) is 0.222. The highest BCUT2D eigenvalue weighted by Gasteiger charge is 2.18. The van der Waals surface area contributed by atoms with E-state index < -0.39 is 17.7 Å². The topological polar surface area (TPSA) is 64.6 Å². The lowest BCUT2D eigenvalue weighted by molar-refractivity contribution is 0.0526. The van der Waals surface area contributed by atoms with Crippen LogP contribution in [0.2, 0.25) is 5.02 Å². The number of halogens is 2. The molecule has 0 aliphatic heterocycles. The number of anilines is 1. The molecule has 0 spiro atoms. The van der Waals surface area contributed by atoms with Gasteiger partial charge in [-0.25, -0.2) is 9.18 Å². The van der Waals surface area contributed by atoms with Gasteiger partial charge in [0.05, 0.1) is 35.1 Å².